The molecule has 7 nitrogen and oxygen atoms in total. The fraction of sp³-hybridized carbons (Fsp3) is 0.462. The zero-order valence-corrected chi connectivity index (χ0v) is 21.3. The largest absolute Gasteiger partial charge is 0.493 e. The van der Waals surface area contributed by atoms with Gasteiger partial charge in [0.25, 0.3) is 5.91 Å². The number of carbonyl (C=O) groups excluding carboxylic acids is 2. The maximum atomic E-state index is 13.8. The first kappa shape index (κ1) is 25.8. The Morgan fingerprint density at radius 3 is 2.47 bits per heavy atom. The molecule has 184 valence electrons. The number of amides is 1. The molecule has 0 radical (unpaired) electrons. The molecule has 0 bridgehead atoms. The van der Waals surface area contributed by atoms with E-state index in [9.17, 15) is 9.59 Å². The Labute approximate surface area is 205 Å². The number of anilines is 1. The molecule has 2 aromatic rings. The molecule has 0 aliphatic carbocycles. The summed E-state index contributed by atoms with van der Waals surface area (Å²) in [6, 6.07) is 10.8. The van der Waals surface area contributed by atoms with Gasteiger partial charge in [0, 0.05) is 28.4 Å². The lowest BCUT2D eigenvalue weighted by molar-refractivity contribution is -0.151. The van der Waals surface area contributed by atoms with E-state index in [-0.39, 0.29) is 24.3 Å². The summed E-state index contributed by atoms with van der Waals surface area (Å²) in [6.07, 6.45) is -2.02. The SMILES string of the molecule is CCOC(=O)C[C@H]1O[C@H](c2cccc(OC)c2OC)c2cc(Cl)ccc2N(CC(C)(C)C)C1=O. The lowest BCUT2D eigenvalue weighted by Gasteiger charge is -2.31. The molecule has 0 saturated heterocycles. The molecule has 1 amide bonds. The Bertz CT molecular complexity index is 1050. The van der Waals surface area contributed by atoms with Gasteiger partial charge >= 0.3 is 5.97 Å². The highest BCUT2D eigenvalue weighted by Crippen LogP contribution is 2.45. The molecule has 0 N–H and O–H groups in total. The second kappa shape index (κ2) is 10.7. The third-order valence-corrected chi connectivity index (χ3v) is 5.65. The molecule has 0 spiro atoms. The highest BCUT2D eigenvalue weighted by Gasteiger charge is 2.40. The van der Waals surface area contributed by atoms with Crippen LogP contribution >= 0.6 is 11.6 Å². The summed E-state index contributed by atoms with van der Waals surface area (Å²) in [5.74, 6) is 0.191. The molecular formula is C26H32ClNO6. The Hall–Kier alpha value is -2.77. The van der Waals surface area contributed by atoms with Gasteiger partial charge in [-0.1, -0.05) is 44.5 Å². The number of rotatable bonds is 7. The summed E-state index contributed by atoms with van der Waals surface area (Å²) >= 11 is 6.41. The van der Waals surface area contributed by atoms with Crippen LogP contribution in [0.1, 0.15) is 51.3 Å². The summed E-state index contributed by atoms with van der Waals surface area (Å²) in [5, 5.41) is 0.501. The maximum absolute atomic E-state index is 13.8. The third kappa shape index (κ3) is 5.65. The lowest BCUT2D eigenvalue weighted by Crippen LogP contribution is -2.44. The van der Waals surface area contributed by atoms with E-state index in [0.29, 0.717) is 39.9 Å². The number of carbonyl (C=O) groups is 2. The van der Waals surface area contributed by atoms with Gasteiger partial charge in [-0.05, 0) is 36.6 Å². The van der Waals surface area contributed by atoms with Gasteiger partial charge in [-0.25, -0.2) is 0 Å². The molecule has 0 unspecified atom stereocenters. The molecule has 2 atom stereocenters. The maximum Gasteiger partial charge on any atom is 0.308 e. The summed E-state index contributed by atoms with van der Waals surface area (Å²) in [5.41, 5.74) is 1.81. The molecule has 3 rings (SSSR count). The topological polar surface area (TPSA) is 74.3 Å². The van der Waals surface area contributed by atoms with Crippen molar-refractivity contribution in [3.05, 3.63) is 52.5 Å². The lowest BCUT2D eigenvalue weighted by atomic mass is 9.94. The fourth-order valence-electron chi connectivity index (χ4n) is 4.07. The number of hydrogen-bond donors (Lipinski definition) is 0. The number of para-hydroxylation sites is 1. The van der Waals surface area contributed by atoms with E-state index >= 15 is 0 Å². The summed E-state index contributed by atoms with van der Waals surface area (Å²) in [4.78, 5) is 27.9. The third-order valence-electron chi connectivity index (χ3n) is 5.41. The van der Waals surface area contributed by atoms with Crippen LogP contribution in [-0.4, -0.2) is 45.4 Å². The van der Waals surface area contributed by atoms with E-state index < -0.39 is 18.2 Å². The van der Waals surface area contributed by atoms with Crippen molar-refractivity contribution in [2.75, 3.05) is 32.3 Å². The summed E-state index contributed by atoms with van der Waals surface area (Å²) < 4.78 is 22.7. The van der Waals surface area contributed by atoms with Gasteiger partial charge in [0.15, 0.2) is 11.5 Å². The van der Waals surface area contributed by atoms with E-state index in [0.717, 1.165) is 0 Å². The van der Waals surface area contributed by atoms with Crippen LogP contribution in [0.4, 0.5) is 5.69 Å². The number of methoxy groups -OCH3 is 2. The monoisotopic (exact) mass is 489 g/mol. The minimum absolute atomic E-state index is 0.210. The highest BCUT2D eigenvalue weighted by molar-refractivity contribution is 6.30. The molecule has 1 aliphatic rings. The zero-order chi connectivity index (χ0) is 25.0. The van der Waals surface area contributed by atoms with Gasteiger partial charge in [-0.3, -0.25) is 9.59 Å². The molecule has 2 aromatic carbocycles. The second-order valence-corrected chi connectivity index (χ2v) is 9.72. The molecule has 0 aromatic heterocycles. The van der Waals surface area contributed by atoms with Crippen LogP contribution in [0.5, 0.6) is 11.5 Å². The Balaban J connectivity index is 2.23. The Morgan fingerprint density at radius 1 is 1.12 bits per heavy atom. The number of hydrogen-bond acceptors (Lipinski definition) is 6. The average Bonchev–Trinajstić information content (AvgIpc) is 2.88. The number of halogens is 1. The summed E-state index contributed by atoms with van der Waals surface area (Å²) in [6.45, 7) is 8.50. The number of fused-ring (bicyclic) bond motifs is 1. The smallest absolute Gasteiger partial charge is 0.308 e. The van der Waals surface area contributed by atoms with Gasteiger partial charge in [-0.2, -0.15) is 0 Å². The van der Waals surface area contributed by atoms with Crippen molar-refractivity contribution in [2.45, 2.75) is 46.3 Å². The molecular weight excluding hydrogens is 458 g/mol. The first-order valence-electron chi connectivity index (χ1n) is 11.2. The minimum atomic E-state index is -1.06. The molecule has 1 heterocycles. The fourth-order valence-corrected chi connectivity index (χ4v) is 4.25. The van der Waals surface area contributed by atoms with E-state index in [1.807, 2.05) is 39.0 Å². The second-order valence-electron chi connectivity index (χ2n) is 9.28. The number of esters is 1. The van der Waals surface area contributed by atoms with Crippen molar-refractivity contribution in [1.82, 2.24) is 0 Å². The minimum Gasteiger partial charge on any atom is -0.493 e. The van der Waals surface area contributed by atoms with Crippen LogP contribution in [0.2, 0.25) is 5.02 Å². The molecule has 0 saturated carbocycles. The van der Waals surface area contributed by atoms with E-state index in [4.69, 9.17) is 30.5 Å². The molecule has 0 fully saturated rings. The van der Waals surface area contributed by atoms with Crippen molar-refractivity contribution in [3.8, 4) is 11.5 Å². The quantitative estimate of drug-likeness (QED) is 0.499. The highest BCUT2D eigenvalue weighted by atomic mass is 35.5. The van der Waals surface area contributed by atoms with Crippen LogP contribution in [-0.2, 0) is 19.1 Å². The first-order chi connectivity index (χ1) is 16.1. The predicted octanol–water partition coefficient (Wildman–Crippen LogP) is 5.18. The Morgan fingerprint density at radius 2 is 1.85 bits per heavy atom. The van der Waals surface area contributed by atoms with Crippen molar-refractivity contribution in [3.63, 3.8) is 0 Å². The molecule has 1 aliphatic heterocycles. The molecule has 34 heavy (non-hydrogen) atoms. The zero-order valence-electron chi connectivity index (χ0n) is 20.5. The van der Waals surface area contributed by atoms with Crippen molar-refractivity contribution < 1.29 is 28.5 Å². The van der Waals surface area contributed by atoms with E-state index in [2.05, 4.69) is 0 Å². The van der Waals surface area contributed by atoms with Crippen molar-refractivity contribution >= 4 is 29.2 Å². The van der Waals surface area contributed by atoms with Crippen LogP contribution in [0.25, 0.3) is 0 Å². The Kier molecular flexibility index (Phi) is 8.10. The normalized spacial score (nSPS) is 18.2. The van der Waals surface area contributed by atoms with E-state index in [1.54, 1.807) is 44.2 Å². The van der Waals surface area contributed by atoms with Crippen LogP contribution in [0.15, 0.2) is 36.4 Å². The standard InChI is InChI=1S/C26H32ClNO6/c1-7-33-22(29)14-21-25(30)28(15-26(2,3)4)19-12-11-16(27)13-18(19)23(34-21)17-9-8-10-20(31-5)24(17)32-6/h8-13,21,23H,7,14-15H2,1-6H3/t21-,23-/m1/s1. The van der Waals surface area contributed by atoms with Gasteiger partial charge in [0.05, 0.1) is 27.2 Å². The number of benzene rings is 2. The van der Waals surface area contributed by atoms with Crippen molar-refractivity contribution in [2.24, 2.45) is 5.41 Å². The first-order valence-corrected chi connectivity index (χ1v) is 11.6. The van der Waals surface area contributed by atoms with E-state index in [1.165, 1.54) is 0 Å². The average molecular weight is 490 g/mol. The summed E-state index contributed by atoms with van der Waals surface area (Å²) in [7, 11) is 3.10. The van der Waals surface area contributed by atoms with Crippen LogP contribution in [0.3, 0.4) is 0 Å². The van der Waals surface area contributed by atoms with Crippen molar-refractivity contribution in [1.29, 1.82) is 0 Å². The van der Waals surface area contributed by atoms with Crippen LogP contribution < -0.4 is 14.4 Å². The predicted molar refractivity (Wildman–Crippen MR) is 131 cm³/mol. The number of ether oxygens (including phenoxy) is 4. The van der Waals surface area contributed by atoms with Gasteiger partial charge in [0.2, 0.25) is 0 Å². The van der Waals surface area contributed by atoms with Gasteiger partial charge < -0.3 is 23.8 Å². The van der Waals surface area contributed by atoms with Crippen LogP contribution in [0, 0.1) is 5.41 Å². The van der Waals surface area contributed by atoms with Gasteiger partial charge in [0.1, 0.15) is 12.2 Å². The van der Waals surface area contributed by atoms with Gasteiger partial charge in [-0.15, -0.1) is 0 Å². The molecule has 8 heteroatoms. The number of nitrogens with zero attached hydrogens (tertiary/aromatic N) is 1.